The monoisotopic (exact) mass is 212 g/mol. The van der Waals surface area contributed by atoms with Gasteiger partial charge in [-0.2, -0.15) is 0 Å². The van der Waals surface area contributed by atoms with Gasteiger partial charge in [0.15, 0.2) is 0 Å². The Balaban J connectivity index is 3.13. The summed E-state index contributed by atoms with van der Waals surface area (Å²) >= 11 is 0. The Labute approximate surface area is 86.9 Å². The van der Waals surface area contributed by atoms with Crippen molar-refractivity contribution in [3.8, 4) is 0 Å². The smallest absolute Gasteiger partial charge is 0.338 e. The van der Waals surface area contributed by atoms with E-state index < -0.39 is 17.3 Å². The summed E-state index contributed by atoms with van der Waals surface area (Å²) in [6.07, 6.45) is 0. The maximum absolute atomic E-state index is 13.3. The highest BCUT2D eigenvalue weighted by atomic mass is 19.1. The van der Waals surface area contributed by atoms with Crippen LogP contribution in [0, 0.1) is 5.82 Å². The lowest BCUT2D eigenvalue weighted by Gasteiger charge is -2.13. The molecule has 0 fully saturated rings. The van der Waals surface area contributed by atoms with Crippen molar-refractivity contribution in [1.29, 1.82) is 0 Å². The van der Waals surface area contributed by atoms with Gasteiger partial charge in [-0.05, 0) is 26.0 Å². The molecule has 4 nitrogen and oxygen atoms in total. The molecule has 0 unspecified atom stereocenters. The van der Waals surface area contributed by atoms with Crippen LogP contribution in [0.1, 0.15) is 24.2 Å². The Kier molecular flexibility index (Phi) is 3.14. The normalized spacial score (nSPS) is 10.4. The number of nitrogens with one attached hydrogen (secondary N) is 1. The maximum Gasteiger partial charge on any atom is 0.338 e. The minimum absolute atomic E-state index is 0.0994. The van der Waals surface area contributed by atoms with Crippen molar-refractivity contribution in [2.75, 3.05) is 11.1 Å². The molecular formula is C10H13FN2O2. The molecule has 0 aromatic heterocycles. The molecule has 5 heteroatoms. The quantitative estimate of drug-likeness (QED) is 0.669. The first-order valence-corrected chi connectivity index (χ1v) is 4.50. The zero-order chi connectivity index (χ0) is 11.6. The molecule has 0 amide bonds. The van der Waals surface area contributed by atoms with E-state index in [0.29, 0.717) is 5.69 Å². The van der Waals surface area contributed by atoms with E-state index in [-0.39, 0.29) is 11.7 Å². The van der Waals surface area contributed by atoms with E-state index in [9.17, 15) is 9.18 Å². The molecule has 0 spiro atoms. The average molecular weight is 212 g/mol. The first-order chi connectivity index (χ1) is 6.91. The fourth-order valence-electron chi connectivity index (χ4n) is 1.19. The van der Waals surface area contributed by atoms with Gasteiger partial charge in [0.1, 0.15) is 5.82 Å². The number of nitrogen functional groups attached to an aromatic ring is 1. The van der Waals surface area contributed by atoms with Crippen LogP contribution in [0.15, 0.2) is 12.1 Å². The Hall–Kier alpha value is -1.78. The van der Waals surface area contributed by atoms with Gasteiger partial charge in [-0.15, -0.1) is 0 Å². The number of anilines is 2. The summed E-state index contributed by atoms with van der Waals surface area (Å²) < 4.78 is 13.3. The lowest BCUT2D eigenvalue weighted by Crippen LogP contribution is -2.13. The van der Waals surface area contributed by atoms with E-state index in [0.717, 1.165) is 12.1 Å². The Morgan fingerprint density at radius 2 is 2.13 bits per heavy atom. The predicted octanol–water partition coefficient (Wildman–Crippen LogP) is 1.93. The molecule has 1 rings (SSSR count). The molecule has 0 saturated heterocycles. The minimum atomic E-state index is -1.32. The summed E-state index contributed by atoms with van der Waals surface area (Å²) in [4.78, 5) is 10.6. The molecule has 1 aromatic rings. The molecule has 0 heterocycles. The fraction of sp³-hybridized carbons (Fsp3) is 0.300. The number of halogens is 1. The number of aromatic carboxylic acids is 1. The topological polar surface area (TPSA) is 75.3 Å². The molecule has 0 aliphatic carbocycles. The first kappa shape index (κ1) is 11.3. The van der Waals surface area contributed by atoms with Crippen LogP contribution in [0.25, 0.3) is 0 Å². The number of rotatable bonds is 3. The van der Waals surface area contributed by atoms with E-state index in [1.807, 2.05) is 13.8 Å². The lowest BCUT2D eigenvalue weighted by molar-refractivity contribution is 0.0692. The number of benzene rings is 1. The Bertz CT molecular complexity index is 391. The second kappa shape index (κ2) is 4.16. The Morgan fingerprint density at radius 3 is 2.60 bits per heavy atom. The Morgan fingerprint density at radius 1 is 1.53 bits per heavy atom. The highest BCUT2D eigenvalue weighted by molar-refractivity contribution is 5.90. The van der Waals surface area contributed by atoms with Gasteiger partial charge in [-0.1, -0.05) is 0 Å². The summed E-state index contributed by atoms with van der Waals surface area (Å²) in [5, 5.41) is 11.6. The van der Waals surface area contributed by atoms with Gasteiger partial charge < -0.3 is 16.2 Å². The van der Waals surface area contributed by atoms with Crippen LogP contribution >= 0.6 is 0 Å². The minimum Gasteiger partial charge on any atom is -0.478 e. The number of hydrogen-bond acceptors (Lipinski definition) is 3. The molecule has 0 saturated carbocycles. The fourth-order valence-corrected chi connectivity index (χ4v) is 1.19. The van der Waals surface area contributed by atoms with Gasteiger partial charge in [0.25, 0.3) is 0 Å². The standard InChI is InChI=1S/C10H13FN2O2/c1-5(2)13-9-4-7(11)6(10(14)15)3-8(9)12/h3-5,13H,12H2,1-2H3,(H,14,15). The largest absolute Gasteiger partial charge is 0.478 e. The summed E-state index contributed by atoms with van der Waals surface area (Å²) in [7, 11) is 0. The van der Waals surface area contributed by atoms with E-state index in [2.05, 4.69) is 5.32 Å². The van der Waals surface area contributed by atoms with Crippen molar-refractivity contribution in [3.63, 3.8) is 0 Å². The van der Waals surface area contributed by atoms with E-state index in [1.54, 1.807) is 0 Å². The molecule has 1 aromatic carbocycles. The summed E-state index contributed by atoms with van der Waals surface area (Å²) in [6, 6.07) is 2.31. The van der Waals surface area contributed by atoms with Crippen LogP contribution in [0.2, 0.25) is 0 Å². The van der Waals surface area contributed by atoms with E-state index in [1.165, 1.54) is 0 Å². The van der Waals surface area contributed by atoms with Crippen molar-refractivity contribution in [3.05, 3.63) is 23.5 Å². The molecular weight excluding hydrogens is 199 g/mol. The van der Waals surface area contributed by atoms with Crippen molar-refractivity contribution in [2.45, 2.75) is 19.9 Å². The maximum atomic E-state index is 13.3. The lowest BCUT2D eigenvalue weighted by atomic mass is 10.1. The second-order valence-electron chi connectivity index (χ2n) is 3.52. The zero-order valence-electron chi connectivity index (χ0n) is 8.54. The van der Waals surface area contributed by atoms with Crippen molar-refractivity contribution >= 4 is 17.3 Å². The summed E-state index contributed by atoms with van der Waals surface area (Å²) in [6.45, 7) is 3.75. The molecule has 82 valence electrons. The number of hydrogen-bond donors (Lipinski definition) is 3. The molecule has 0 radical (unpaired) electrons. The van der Waals surface area contributed by atoms with Crippen molar-refractivity contribution in [1.82, 2.24) is 0 Å². The van der Waals surface area contributed by atoms with Gasteiger partial charge in [-0.3, -0.25) is 0 Å². The second-order valence-corrected chi connectivity index (χ2v) is 3.52. The van der Waals surface area contributed by atoms with Crippen LogP contribution in [0.4, 0.5) is 15.8 Å². The van der Waals surface area contributed by atoms with E-state index >= 15 is 0 Å². The summed E-state index contributed by atoms with van der Waals surface area (Å²) in [5.74, 6) is -2.12. The molecule has 0 atom stereocenters. The summed E-state index contributed by atoms with van der Waals surface area (Å²) in [5.41, 5.74) is 5.80. The molecule has 4 N–H and O–H groups in total. The van der Waals surface area contributed by atoms with Crippen LogP contribution in [0.3, 0.4) is 0 Å². The van der Waals surface area contributed by atoms with Gasteiger partial charge in [0, 0.05) is 6.04 Å². The van der Waals surface area contributed by atoms with Gasteiger partial charge in [0.05, 0.1) is 16.9 Å². The van der Waals surface area contributed by atoms with Crippen LogP contribution in [0.5, 0.6) is 0 Å². The van der Waals surface area contributed by atoms with E-state index in [4.69, 9.17) is 10.8 Å². The van der Waals surface area contributed by atoms with Crippen molar-refractivity contribution < 1.29 is 14.3 Å². The zero-order valence-corrected chi connectivity index (χ0v) is 8.54. The average Bonchev–Trinajstić information content (AvgIpc) is 2.09. The number of nitrogens with two attached hydrogens (primary N) is 1. The third-order valence-electron chi connectivity index (χ3n) is 1.81. The SMILES string of the molecule is CC(C)Nc1cc(F)c(C(=O)O)cc1N. The number of carbonyl (C=O) groups is 1. The van der Waals surface area contributed by atoms with Crippen LogP contribution in [-0.4, -0.2) is 17.1 Å². The molecule has 0 aliphatic heterocycles. The third-order valence-corrected chi connectivity index (χ3v) is 1.81. The predicted molar refractivity (Wildman–Crippen MR) is 56.5 cm³/mol. The molecule has 0 aliphatic rings. The van der Waals surface area contributed by atoms with Crippen LogP contribution in [-0.2, 0) is 0 Å². The number of carboxylic acid groups (broad SMARTS) is 1. The van der Waals surface area contributed by atoms with Gasteiger partial charge in [0.2, 0.25) is 0 Å². The van der Waals surface area contributed by atoms with Gasteiger partial charge >= 0.3 is 5.97 Å². The van der Waals surface area contributed by atoms with Crippen molar-refractivity contribution in [2.24, 2.45) is 0 Å². The highest BCUT2D eigenvalue weighted by Gasteiger charge is 2.13. The first-order valence-electron chi connectivity index (χ1n) is 4.50. The highest BCUT2D eigenvalue weighted by Crippen LogP contribution is 2.23. The number of carboxylic acids is 1. The van der Waals surface area contributed by atoms with Gasteiger partial charge in [-0.25, -0.2) is 9.18 Å². The molecule has 15 heavy (non-hydrogen) atoms. The molecule has 0 bridgehead atoms. The van der Waals surface area contributed by atoms with Crippen LogP contribution < -0.4 is 11.1 Å². The third kappa shape index (κ3) is 2.59.